The highest BCUT2D eigenvalue weighted by Crippen LogP contribution is 2.12. The molecule has 0 saturated carbocycles. The second-order valence-corrected chi connectivity index (χ2v) is 8.47. The van der Waals surface area contributed by atoms with Gasteiger partial charge in [-0.15, -0.1) is 0 Å². The molecule has 0 rings (SSSR count). The first-order valence-corrected chi connectivity index (χ1v) is 12.9. The Hall–Kier alpha value is -0.880. The molecule has 0 aromatic heterocycles. The van der Waals surface area contributed by atoms with E-state index in [0.717, 1.165) is 12.8 Å². The van der Waals surface area contributed by atoms with E-state index in [1.807, 2.05) is 0 Å². The SMILES string of the molecule is CCCCCCCCCCCCC#CC#CCCCCCCCCCCCC. The average molecular weight is 387 g/mol. The van der Waals surface area contributed by atoms with Crippen LogP contribution < -0.4 is 0 Å². The van der Waals surface area contributed by atoms with Gasteiger partial charge in [0.1, 0.15) is 0 Å². The highest BCUT2D eigenvalue weighted by Gasteiger charge is 1.92. The van der Waals surface area contributed by atoms with Crippen molar-refractivity contribution in [3.63, 3.8) is 0 Å². The molecule has 0 nitrogen and oxygen atoms in total. The molecule has 0 aromatic carbocycles. The molecular weight excluding hydrogens is 336 g/mol. The maximum Gasteiger partial charge on any atom is 0.00989 e. The van der Waals surface area contributed by atoms with Crippen LogP contribution in [0.25, 0.3) is 0 Å². The second-order valence-electron chi connectivity index (χ2n) is 8.47. The molecule has 0 fully saturated rings. The minimum absolute atomic E-state index is 1.03. The van der Waals surface area contributed by atoms with E-state index in [1.54, 1.807) is 0 Å². The molecule has 0 saturated heterocycles. The zero-order chi connectivity index (χ0) is 20.4. The minimum atomic E-state index is 1.03. The van der Waals surface area contributed by atoms with Crippen molar-refractivity contribution in [2.75, 3.05) is 0 Å². The van der Waals surface area contributed by atoms with Gasteiger partial charge in [0.05, 0.1) is 0 Å². The Morgan fingerprint density at radius 3 is 0.857 bits per heavy atom. The zero-order valence-corrected chi connectivity index (χ0v) is 19.6. The summed E-state index contributed by atoms with van der Waals surface area (Å²) in [5.41, 5.74) is 0. The summed E-state index contributed by atoms with van der Waals surface area (Å²) >= 11 is 0. The van der Waals surface area contributed by atoms with Crippen molar-refractivity contribution in [1.82, 2.24) is 0 Å². The lowest BCUT2D eigenvalue weighted by molar-refractivity contribution is 0.558. The minimum Gasteiger partial charge on any atom is -0.0891 e. The van der Waals surface area contributed by atoms with Crippen molar-refractivity contribution >= 4 is 0 Å². The number of rotatable bonds is 20. The Labute approximate surface area is 179 Å². The van der Waals surface area contributed by atoms with Gasteiger partial charge < -0.3 is 0 Å². The van der Waals surface area contributed by atoms with Crippen LogP contribution in [0.5, 0.6) is 0 Å². The van der Waals surface area contributed by atoms with Crippen LogP contribution in [0.2, 0.25) is 0 Å². The van der Waals surface area contributed by atoms with E-state index in [9.17, 15) is 0 Å². The van der Waals surface area contributed by atoms with Gasteiger partial charge in [0.25, 0.3) is 0 Å². The molecule has 0 radical (unpaired) electrons. The first kappa shape index (κ1) is 27.1. The fourth-order valence-electron chi connectivity index (χ4n) is 3.62. The van der Waals surface area contributed by atoms with Crippen molar-refractivity contribution in [3.8, 4) is 23.7 Å². The van der Waals surface area contributed by atoms with Crippen LogP contribution >= 0.6 is 0 Å². The van der Waals surface area contributed by atoms with Crippen LogP contribution in [0.3, 0.4) is 0 Å². The molecule has 0 aliphatic carbocycles. The molecule has 28 heavy (non-hydrogen) atoms. The third-order valence-electron chi connectivity index (χ3n) is 5.55. The van der Waals surface area contributed by atoms with Gasteiger partial charge >= 0.3 is 0 Å². The standard InChI is InChI=1S/C28H50/c1-3-5-7-9-11-13-15-17-19-21-23-25-27-28-26-24-22-20-18-16-14-12-10-8-6-4-2/h3-24H2,1-2H3. The predicted molar refractivity (Wildman–Crippen MR) is 128 cm³/mol. The van der Waals surface area contributed by atoms with Gasteiger partial charge in [-0.2, -0.15) is 0 Å². The van der Waals surface area contributed by atoms with Crippen LogP contribution in [-0.4, -0.2) is 0 Å². The Kier molecular flexibility index (Phi) is 25.3. The third kappa shape index (κ3) is 25.1. The fraction of sp³-hybridized carbons (Fsp3) is 0.857. The van der Waals surface area contributed by atoms with Gasteiger partial charge in [-0.25, -0.2) is 0 Å². The first-order valence-electron chi connectivity index (χ1n) is 12.9. The molecular formula is C28H50. The van der Waals surface area contributed by atoms with E-state index in [2.05, 4.69) is 37.5 Å². The third-order valence-corrected chi connectivity index (χ3v) is 5.55. The largest absolute Gasteiger partial charge is 0.0891 e. The molecule has 0 unspecified atom stereocenters. The average Bonchev–Trinajstić information content (AvgIpc) is 2.71. The lowest BCUT2D eigenvalue weighted by Gasteiger charge is -2.00. The van der Waals surface area contributed by atoms with Gasteiger partial charge in [0.2, 0.25) is 0 Å². The van der Waals surface area contributed by atoms with Crippen LogP contribution in [0.1, 0.15) is 155 Å². The quantitative estimate of drug-likeness (QED) is 0.144. The van der Waals surface area contributed by atoms with Gasteiger partial charge in [0, 0.05) is 12.8 Å². The van der Waals surface area contributed by atoms with E-state index in [4.69, 9.17) is 0 Å². The summed E-state index contributed by atoms with van der Waals surface area (Å²) in [6.07, 6.45) is 29.9. The van der Waals surface area contributed by atoms with E-state index in [1.165, 1.54) is 128 Å². The van der Waals surface area contributed by atoms with E-state index < -0.39 is 0 Å². The Bertz CT molecular complexity index is 357. The molecule has 0 bridgehead atoms. The van der Waals surface area contributed by atoms with E-state index >= 15 is 0 Å². The highest BCUT2D eigenvalue weighted by atomic mass is 14.0. The maximum atomic E-state index is 3.23. The lowest BCUT2D eigenvalue weighted by atomic mass is 10.1. The molecule has 0 N–H and O–H groups in total. The summed E-state index contributed by atoms with van der Waals surface area (Å²) in [6.45, 7) is 4.57. The molecule has 0 atom stereocenters. The number of hydrogen-bond acceptors (Lipinski definition) is 0. The topological polar surface area (TPSA) is 0 Å². The summed E-state index contributed by atoms with van der Waals surface area (Å²) in [4.78, 5) is 0. The van der Waals surface area contributed by atoms with Crippen molar-refractivity contribution in [3.05, 3.63) is 0 Å². The van der Waals surface area contributed by atoms with Crippen molar-refractivity contribution in [2.24, 2.45) is 0 Å². The summed E-state index contributed by atoms with van der Waals surface area (Å²) in [6, 6.07) is 0. The van der Waals surface area contributed by atoms with Crippen LogP contribution in [0.15, 0.2) is 0 Å². The van der Waals surface area contributed by atoms with Crippen LogP contribution in [0.4, 0.5) is 0 Å². The lowest BCUT2D eigenvalue weighted by Crippen LogP contribution is -1.81. The summed E-state index contributed by atoms with van der Waals surface area (Å²) in [5, 5.41) is 0. The van der Waals surface area contributed by atoms with Gasteiger partial charge in [-0.05, 0) is 24.7 Å². The molecule has 0 heterocycles. The molecule has 0 spiro atoms. The summed E-state index contributed by atoms with van der Waals surface area (Å²) in [5.74, 6) is 12.5. The van der Waals surface area contributed by atoms with Gasteiger partial charge in [0.15, 0.2) is 0 Å². The molecule has 0 aliphatic heterocycles. The normalized spacial score (nSPS) is 10.2. The Morgan fingerprint density at radius 1 is 0.321 bits per heavy atom. The van der Waals surface area contributed by atoms with Gasteiger partial charge in [-0.3, -0.25) is 0 Å². The molecule has 162 valence electrons. The van der Waals surface area contributed by atoms with Crippen LogP contribution in [-0.2, 0) is 0 Å². The molecule has 0 heteroatoms. The van der Waals surface area contributed by atoms with Crippen molar-refractivity contribution < 1.29 is 0 Å². The maximum absolute atomic E-state index is 3.23. The predicted octanol–water partition coefficient (Wildman–Crippen LogP) is 9.62. The Morgan fingerprint density at radius 2 is 0.571 bits per heavy atom. The fourth-order valence-corrected chi connectivity index (χ4v) is 3.62. The molecule has 0 amide bonds. The van der Waals surface area contributed by atoms with Gasteiger partial charge in [-0.1, -0.05) is 141 Å². The molecule has 0 aliphatic rings. The number of unbranched alkanes of at least 4 members (excludes halogenated alkanes) is 20. The first-order chi connectivity index (χ1) is 13.9. The summed E-state index contributed by atoms with van der Waals surface area (Å²) in [7, 11) is 0. The summed E-state index contributed by atoms with van der Waals surface area (Å²) < 4.78 is 0. The zero-order valence-electron chi connectivity index (χ0n) is 19.6. The van der Waals surface area contributed by atoms with Crippen LogP contribution in [0, 0.1) is 23.7 Å². The molecule has 0 aromatic rings. The highest BCUT2D eigenvalue weighted by molar-refractivity contribution is 5.25. The smallest absolute Gasteiger partial charge is 0.00989 e. The Balaban J connectivity index is 3.21. The monoisotopic (exact) mass is 386 g/mol. The second kappa shape index (κ2) is 26.1. The van der Waals surface area contributed by atoms with Crippen molar-refractivity contribution in [1.29, 1.82) is 0 Å². The van der Waals surface area contributed by atoms with Crippen molar-refractivity contribution in [2.45, 2.75) is 155 Å². The van der Waals surface area contributed by atoms with E-state index in [-0.39, 0.29) is 0 Å². The number of hydrogen-bond donors (Lipinski definition) is 0. The van der Waals surface area contributed by atoms with E-state index in [0.29, 0.717) is 0 Å².